The molecule has 3 rings (SSSR count). The lowest BCUT2D eigenvalue weighted by Gasteiger charge is -2.10. The third-order valence-electron chi connectivity index (χ3n) is 3.29. The zero-order valence-corrected chi connectivity index (χ0v) is 14.5. The predicted molar refractivity (Wildman–Crippen MR) is 91.3 cm³/mol. The predicted octanol–water partition coefficient (Wildman–Crippen LogP) is 5.58. The smallest absolute Gasteiger partial charge is 0.194 e. The molecule has 0 radical (unpaired) electrons. The highest BCUT2D eigenvalue weighted by atomic mass is 35.5. The second-order valence-corrected chi connectivity index (χ2v) is 6.80. The van der Waals surface area contributed by atoms with Crippen LogP contribution in [0.25, 0.3) is 4.96 Å². The van der Waals surface area contributed by atoms with Crippen LogP contribution in [0.15, 0.2) is 17.5 Å². The van der Waals surface area contributed by atoms with Gasteiger partial charge in [0.15, 0.2) is 4.96 Å². The van der Waals surface area contributed by atoms with E-state index in [1.54, 1.807) is 23.5 Å². The number of hydrogen-bond acceptors (Lipinski definition) is 3. The number of anilines is 1. The average Bonchev–Trinajstić information content (AvgIpc) is 2.92. The maximum absolute atomic E-state index is 6.18. The van der Waals surface area contributed by atoms with Crippen molar-refractivity contribution in [1.82, 2.24) is 9.38 Å². The van der Waals surface area contributed by atoms with Crippen molar-refractivity contribution in [2.24, 2.45) is 0 Å². The summed E-state index contributed by atoms with van der Waals surface area (Å²) >= 11 is 19.8. The Morgan fingerprint density at radius 2 is 1.86 bits per heavy atom. The lowest BCUT2D eigenvalue weighted by atomic mass is 10.3. The van der Waals surface area contributed by atoms with Gasteiger partial charge in [0.1, 0.15) is 0 Å². The van der Waals surface area contributed by atoms with Gasteiger partial charge in [-0.1, -0.05) is 34.8 Å². The molecular formula is C14H12Cl3N3S. The second-order valence-electron chi connectivity index (χ2n) is 4.74. The number of aryl methyl sites for hydroxylation is 2. The first-order chi connectivity index (χ1) is 9.97. The number of nitrogens with one attached hydrogen (secondary N) is 1. The molecule has 2 aromatic heterocycles. The van der Waals surface area contributed by atoms with Crippen molar-refractivity contribution in [3.63, 3.8) is 0 Å². The van der Waals surface area contributed by atoms with Crippen LogP contribution >= 0.6 is 46.1 Å². The Kier molecular flexibility index (Phi) is 4.06. The van der Waals surface area contributed by atoms with E-state index >= 15 is 0 Å². The lowest BCUT2D eigenvalue weighted by Crippen LogP contribution is -2.05. The molecule has 0 unspecified atom stereocenters. The Balaban J connectivity index is 1.92. The summed E-state index contributed by atoms with van der Waals surface area (Å²) in [5.74, 6) is 0. The minimum absolute atomic E-state index is 0.448. The molecule has 0 aliphatic carbocycles. The standard InChI is InChI=1S/C14H12Cl3N3S/c1-7-6-21-14-19-8(2)13(20(7)14)5-18-12-4-10(16)9(15)3-11(12)17/h3-4,6,18H,5H2,1-2H3. The van der Waals surface area contributed by atoms with E-state index in [4.69, 9.17) is 34.8 Å². The minimum atomic E-state index is 0.448. The molecule has 0 fully saturated rings. The largest absolute Gasteiger partial charge is 0.378 e. The third-order valence-corrected chi connectivity index (χ3v) is 5.26. The van der Waals surface area contributed by atoms with Gasteiger partial charge >= 0.3 is 0 Å². The maximum Gasteiger partial charge on any atom is 0.194 e. The quantitative estimate of drug-likeness (QED) is 0.617. The summed E-state index contributed by atoms with van der Waals surface area (Å²) in [4.78, 5) is 5.56. The lowest BCUT2D eigenvalue weighted by molar-refractivity contribution is 0.966. The fraction of sp³-hybridized carbons (Fsp3) is 0.214. The SMILES string of the molecule is Cc1nc2scc(C)n2c1CNc1cc(Cl)c(Cl)cc1Cl. The topological polar surface area (TPSA) is 29.3 Å². The van der Waals surface area contributed by atoms with Crippen molar-refractivity contribution in [3.8, 4) is 0 Å². The van der Waals surface area contributed by atoms with Crippen LogP contribution in [0.1, 0.15) is 17.1 Å². The van der Waals surface area contributed by atoms with Crippen LogP contribution in [0.2, 0.25) is 15.1 Å². The molecule has 3 nitrogen and oxygen atoms in total. The van der Waals surface area contributed by atoms with Gasteiger partial charge in [-0.15, -0.1) is 11.3 Å². The number of imidazole rings is 1. The van der Waals surface area contributed by atoms with Gasteiger partial charge in [0.2, 0.25) is 0 Å². The molecule has 0 saturated carbocycles. The van der Waals surface area contributed by atoms with Gasteiger partial charge in [-0.25, -0.2) is 4.98 Å². The van der Waals surface area contributed by atoms with E-state index in [0.717, 1.165) is 22.0 Å². The van der Waals surface area contributed by atoms with Crippen LogP contribution in [-0.4, -0.2) is 9.38 Å². The van der Waals surface area contributed by atoms with E-state index in [1.165, 1.54) is 5.69 Å². The number of thiazole rings is 1. The van der Waals surface area contributed by atoms with Crippen molar-refractivity contribution in [2.45, 2.75) is 20.4 Å². The van der Waals surface area contributed by atoms with Crippen LogP contribution in [0.3, 0.4) is 0 Å². The van der Waals surface area contributed by atoms with Gasteiger partial charge < -0.3 is 5.32 Å². The molecule has 0 bridgehead atoms. The number of nitrogens with zero attached hydrogens (tertiary/aromatic N) is 2. The summed E-state index contributed by atoms with van der Waals surface area (Å²) in [6, 6.07) is 3.38. The van der Waals surface area contributed by atoms with Gasteiger partial charge in [-0.2, -0.15) is 0 Å². The van der Waals surface area contributed by atoms with Gasteiger partial charge in [-0.3, -0.25) is 4.40 Å². The molecule has 0 atom stereocenters. The molecule has 0 spiro atoms. The van der Waals surface area contributed by atoms with Gasteiger partial charge in [0.25, 0.3) is 0 Å². The zero-order chi connectivity index (χ0) is 15.1. The molecule has 2 heterocycles. The molecule has 0 aliphatic heterocycles. The van der Waals surface area contributed by atoms with Crippen LogP contribution in [-0.2, 0) is 6.54 Å². The minimum Gasteiger partial charge on any atom is -0.378 e. The Morgan fingerprint density at radius 1 is 1.14 bits per heavy atom. The molecule has 1 aromatic carbocycles. The van der Waals surface area contributed by atoms with Gasteiger partial charge in [0, 0.05) is 11.1 Å². The number of benzene rings is 1. The Morgan fingerprint density at radius 3 is 2.62 bits per heavy atom. The van der Waals surface area contributed by atoms with Crippen molar-refractivity contribution in [2.75, 3.05) is 5.32 Å². The molecule has 3 aromatic rings. The highest BCUT2D eigenvalue weighted by Crippen LogP contribution is 2.32. The Hall–Kier alpha value is -0.940. The number of halogens is 3. The van der Waals surface area contributed by atoms with Crippen LogP contribution in [0.4, 0.5) is 5.69 Å². The second kappa shape index (κ2) is 5.69. The summed E-state index contributed by atoms with van der Waals surface area (Å²) in [5.41, 5.74) is 4.06. The number of fused-ring (bicyclic) bond motifs is 1. The first-order valence-corrected chi connectivity index (χ1v) is 8.29. The molecular weight excluding hydrogens is 349 g/mol. The zero-order valence-electron chi connectivity index (χ0n) is 11.4. The first-order valence-electron chi connectivity index (χ1n) is 6.28. The molecule has 7 heteroatoms. The summed E-state index contributed by atoms with van der Waals surface area (Å²) < 4.78 is 2.15. The molecule has 0 saturated heterocycles. The molecule has 1 N–H and O–H groups in total. The van der Waals surface area contributed by atoms with E-state index < -0.39 is 0 Å². The van der Waals surface area contributed by atoms with Gasteiger partial charge in [-0.05, 0) is 26.0 Å². The van der Waals surface area contributed by atoms with E-state index in [9.17, 15) is 0 Å². The Labute approximate surface area is 141 Å². The first kappa shape index (κ1) is 15.0. The normalized spacial score (nSPS) is 11.3. The van der Waals surface area contributed by atoms with Crippen LogP contribution < -0.4 is 5.32 Å². The fourth-order valence-corrected chi connectivity index (χ4v) is 3.76. The summed E-state index contributed by atoms with van der Waals surface area (Å²) in [6.07, 6.45) is 0. The van der Waals surface area contributed by atoms with Crippen molar-refractivity contribution >= 4 is 56.8 Å². The van der Waals surface area contributed by atoms with Gasteiger partial charge in [0.05, 0.1) is 38.7 Å². The summed E-state index contributed by atoms with van der Waals surface area (Å²) in [6.45, 7) is 4.69. The number of rotatable bonds is 3. The number of hydrogen-bond donors (Lipinski definition) is 1. The Bertz CT molecular complexity index is 823. The van der Waals surface area contributed by atoms with E-state index in [1.807, 2.05) is 6.92 Å². The number of aromatic nitrogens is 2. The van der Waals surface area contributed by atoms with Crippen molar-refractivity contribution in [1.29, 1.82) is 0 Å². The van der Waals surface area contributed by atoms with Crippen molar-refractivity contribution < 1.29 is 0 Å². The maximum atomic E-state index is 6.18. The molecule has 0 aliphatic rings. The van der Waals surface area contributed by atoms with Crippen molar-refractivity contribution in [3.05, 3.63) is 49.7 Å². The van der Waals surface area contributed by atoms with Crippen LogP contribution in [0.5, 0.6) is 0 Å². The monoisotopic (exact) mass is 359 g/mol. The average molecular weight is 361 g/mol. The fourth-order valence-electron chi connectivity index (χ4n) is 2.21. The van der Waals surface area contributed by atoms with Crippen LogP contribution in [0, 0.1) is 13.8 Å². The van der Waals surface area contributed by atoms with E-state index in [-0.39, 0.29) is 0 Å². The highest BCUT2D eigenvalue weighted by molar-refractivity contribution is 7.15. The van der Waals surface area contributed by atoms with E-state index in [2.05, 4.69) is 27.0 Å². The third kappa shape index (κ3) is 2.73. The summed E-state index contributed by atoms with van der Waals surface area (Å²) in [7, 11) is 0. The summed E-state index contributed by atoms with van der Waals surface area (Å²) in [5, 5.41) is 6.87. The molecule has 110 valence electrons. The molecule has 21 heavy (non-hydrogen) atoms. The highest BCUT2D eigenvalue weighted by Gasteiger charge is 2.13. The molecule has 0 amide bonds. The van der Waals surface area contributed by atoms with E-state index in [0.29, 0.717) is 21.6 Å².